The van der Waals surface area contributed by atoms with Crippen molar-refractivity contribution < 1.29 is 51.2 Å². The van der Waals surface area contributed by atoms with Crippen LogP contribution in [0.2, 0.25) is 0 Å². The first kappa shape index (κ1) is 34.6. The summed E-state index contributed by atoms with van der Waals surface area (Å²) >= 11 is 0. The van der Waals surface area contributed by atoms with Crippen molar-refractivity contribution in [1.29, 1.82) is 0 Å². The van der Waals surface area contributed by atoms with Crippen molar-refractivity contribution in [1.82, 2.24) is 0 Å². The van der Waals surface area contributed by atoms with Gasteiger partial charge >= 0.3 is 0 Å². The molecule has 0 amide bonds. The fourth-order valence-electron chi connectivity index (χ4n) is 2.91. The molecule has 0 bridgehead atoms. The SMILES string of the molecule is [CH]1[CH][CH][CH][CH]1.[CH]1[CH][CH][CH][CH]1.[CH]1[CH][CH][C]([C]2[CH][CH][CH][CH]2)[CH]1.[CH]1[CH][CH][C]([C]2[CH][CH][CH][CH]2)[CH]1.[Fe].[Fe].[Fe]. The zero-order valence-corrected chi connectivity index (χ0v) is 21.4. The Hall–Kier alpha value is 1.56. The smallest absolute Gasteiger partial charge is 0 e. The van der Waals surface area contributed by atoms with Gasteiger partial charge in [-0.3, -0.25) is 0 Å². The minimum atomic E-state index is 0. The van der Waals surface area contributed by atoms with Gasteiger partial charge < -0.3 is 0 Å². The molecule has 0 aromatic heterocycles. The minimum absolute atomic E-state index is 0. The van der Waals surface area contributed by atoms with E-state index in [1.54, 1.807) is 0 Å². The average Bonchev–Trinajstić information content (AvgIpc) is 3.68. The third kappa shape index (κ3) is 14.8. The quantitative estimate of drug-likeness (QED) is 0.389. The second-order valence-electron chi connectivity index (χ2n) is 6.62. The zero-order chi connectivity index (χ0) is 20.7. The second kappa shape index (κ2) is 22.7. The molecule has 6 aliphatic rings. The third-order valence-electron chi connectivity index (χ3n) is 4.43. The van der Waals surface area contributed by atoms with Crippen LogP contribution in [0.25, 0.3) is 0 Å². The van der Waals surface area contributed by atoms with E-state index in [4.69, 9.17) is 0 Å². The molecule has 0 N–H and O–H groups in total. The molecule has 170 valence electrons. The molecule has 6 fully saturated rings. The number of hydrogen-bond donors (Lipinski definition) is 0. The summed E-state index contributed by atoms with van der Waals surface area (Å²) in [5, 5.41) is 0. The van der Waals surface area contributed by atoms with E-state index in [1.807, 2.05) is 64.2 Å². The van der Waals surface area contributed by atoms with Gasteiger partial charge in [-0.05, 0) is 191 Å². The van der Waals surface area contributed by atoms with E-state index in [0.717, 1.165) is 0 Å². The van der Waals surface area contributed by atoms with Crippen LogP contribution in [0.5, 0.6) is 0 Å². The van der Waals surface area contributed by atoms with E-state index in [-0.39, 0.29) is 51.2 Å². The molecule has 6 rings (SSSR count). The molecule has 0 aromatic rings. The monoisotopic (exact) mass is 554 g/mol. The summed E-state index contributed by atoms with van der Waals surface area (Å²) in [5.41, 5.74) is 0. The van der Waals surface area contributed by atoms with Crippen molar-refractivity contribution in [2.24, 2.45) is 0 Å². The molecule has 6 saturated carbocycles. The largest absolute Gasteiger partial charge is 0.0312 e. The molecular formula is C30H26Fe3. The molecule has 0 nitrogen and oxygen atoms in total. The first-order valence-electron chi connectivity index (χ1n) is 10.1. The molecule has 3 heteroatoms. The van der Waals surface area contributed by atoms with Crippen LogP contribution >= 0.6 is 0 Å². The molecule has 0 saturated heterocycles. The Kier molecular flexibility index (Phi) is 23.8. The number of hydrogen-bond acceptors (Lipinski definition) is 0. The first-order chi connectivity index (χ1) is 14.9. The van der Waals surface area contributed by atoms with Crippen LogP contribution in [0.1, 0.15) is 0 Å². The maximum atomic E-state index is 2.12. The van der Waals surface area contributed by atoms with Crippen LogP contribution < -0.4 is 0 Å². The van der Waals surface area contributed by atoms with Crippen molar-refractivity contribution in [3.05, 3.63) is 191 Å². The topological polar surface area (TPSA) is 0 Å². The predicted molar refractivity (Wildman–Crippen MR) is 125 cm³/mol. The van der Waals surface area contributed by atoms with Crippen LogP contribution in [0.3, 0.4) is 0 Å². The molecule has 0 heterocycles. The molecule has 6 aliphatic carbocycles. The van der Waals surface area contributed by atoms with E-state index in [2.05, 4.69) is 103 Å². The zero-order valence-electron chi connectivity index (χ0n) is 18.1. The van der Waals surface area contributed by atoms with Gasteiger partial charge in [0, 0.05) is 51.2 Å². The fourth-order valence-corrected chi connectivity index (χ4v) is 2.91. The van der Waals surface area contributed by atoms with Gasteiger partial charge in [0.05, 0.1) is 0 Å². The summed E-state index contributed by atoms with van der Waals surface area (Å²) in [7, 11) is 0. The van der Waals surface area contributed by atoms with E-state index in [0.29, 0.717) is 0 Å². The van der Waals surface area contributed by atoms with Crippen LogP contribution in [0.15, 0.2) is 0 Å². The maximum Gasteiger partial charge on any atom is 0 e. The van der Waals surface area contributed by atoms with Gasteiger partial charge in [0.15, 0.2) is 0 Å². The van der Waals surface area contributed by atoms with Gasteiger partial charge in [-0.25, -0.2) is 0 Å². The average molecular weight is 554 g/mol. The third-order valence-corrected chi connectivity index (χ3v) is 4.43. The van der Waals surface area contributed by atoms with E-state index >= 15 is 0 Å². The van der Waals surface area contributed by atoms with Gasteiger partial charge in [0.1, 0.15) is 0 Å². The molecule has 0 aliphatic heterocycles. The summed E-state index contributed by atoms with van der Waals surface area (Å²) in [6.07, 6.45) is 53.4. The predicted octanol–water partition coefficient (Wildman–Crippen LogP) is 5.63. The number of rotatable bonds is 2. The maximum absolute atomic E-state index is 2.12. The molecule has 30 radical (unpaired) electrons. The summed E-state index contributed by atoms with van der Waals surface area (Å²) in [6, 6.07) is 0. The van der Waals surface area contributed by atoms with Gasteiger partial charge in [-0.15, -0.1) is 0 Å². The first-order valence-corrected chi connectivity index (χ1v) is 10.1. The molecule has 33 heavy (non-hydrogen) atoms. The molecular weight excluding hydrogens is 528 g/mol. The normalized spacial score (nSPS) is 25.5. The second-order valence-corrected chi connectivity index (χ2v) is 6.62. The van der Waals surface area contributed by atoms with Gasteiger partial charge in [0.25, 0.3) is 0 Å². The van der Waals surface area contributed by atoms with Crippen LogP contribution in [-0.2, 0) is 51.2 Å². The minimum Gasteiger partial charge on any atom is -0.0312 e. The van der Waals surface area contributed by atoms with Crippen LogP contribution in [0.4, 0.5) is 0 Å². The Morgan fingerprint density at radius 1 is 0.182 bits per heavy atom. The van der Waals surface area contributed by atoms with Crippen LogP contribution in [0, 0.1) is 191 Å². The molecule has 0 aromatic carbocycles. The standard InChI is InChI=1S/2C10H8.2C5H5.3Fe/c2*1-2-6-9(5-1)10-7-3-4-8-10;2*1-2-4-5-3-1;;;/h2*1-8H;2*1-5H;;;. The molecule has 0 spiro atoms. The van der Waals surface area contributed by atoms with Gasteiger partial charge in [-0.2, -0.15) is 0 Å². The van der Waals surface area contributed by atoms with Crippen molar-refractivity contribution >= 4 is 0 Å². The fraction of sp³-hybridized carbons (Fsp3) is 0. The van der Waals surface area contributed by atoms with Crippen molar-refractivity contribution in [3.63, 3.8) is 0 Å². The van der Waals surface area contributed by atoms with E-state index < -0.39 is 0 Å². The Labute approximate surface area is 240 Å². The molecule has 0 unspecified atom stereocenters. The van der Waals surface area contributed by atoms with Gasteiger partial charge in [0.2, 0.25) is 0 Å². The Balaban J connectivity index is 0.000000420. The van der Waals surface area contributed by atoms with E-state index in [1.165, 1.54) is 23.7 Å². The Morgan fingerprint density at radius 2 is 0.303 bits per heavy atom. The van der Waals surface area contributed by atoms with Crippen molar-refractivity contribution in [2.45, 2.75) is 0 Å². The Bertz CT molecular complexity index is 300. The summed E-state index contributed by atoms with van der Waals surface area (Å²) in [4.78, 5) is 0. The molecule has 0 atom stereocenters. The van der Waals surface area contributed by atoms with Crippen molar-refractivity contribution in [3.8, 4) is 0 Å². The van der Waals surface area contributed by atoms with Gasteiger partial charge in [-0.1, -0.05) is 0 Å². The summed E-state index contributed by atoms with van der Waals surface area (Å²) in [6.45, 7) is 0. The Morgan fingerprint density at radius 3 is 0.424 bits per heavy atom. The van der Waals surface area contributed by atoms with Crippen molar-refractivity contribution in [2.75, 3.05) is 0 Å². The van der Waals surface area contributed by atoms with Crippen LogP contribution in [-0.4, -0.2) is 0 Å². The van der Waals surface area contributed by atoms with E-state index in [9.17, 15) is 0 Å². The summed E-state index contributed by atoms with van der Waals surface area (Å²) in [5.74, 6) is 5.24. The summed E-state index contributed by atoms with van der Waals surface area (Å²) < 4.78 is 0.